The lowest BCUT2D eigenvalue weighted by Crippen LogP contribution is -2.13. The maximum absolute atomic E-state index is 5.58. The molecule has 0 atom stereocenters. The molecule has 0 amide bonds. The van der Waals surface area contributed by atoms with Crippen LogP contribution in [-0.2, 0) is 13.0 Å². The summed E-state index contributed by atoms with van der Waals surface area (Å²) in [5.74, 6) is 2.09. The summed E-state index contributed by atoms with van der Waals surface area (Å²) in [5, 5.41) is 11.3. The Hall–Kier alpha value is -1.88. The molecule has 0 radical (unpaired) electrons. The molecule has 0 fully saturated rings. The van der Waals surface area contributed by atoms with E-state index in [1.807, 2.05) is 24.3 Å². The van der Waals surface area contributed by atoms with E-state index in [2.05, 4.69) is 22.4 Å². The highest BCUT2D eigenvalue weighted by Gasteiger charge is 2.07. The van der Waals surface area contributed by atoms with Crippen LogP contribution in [0.1, 0.15) is 30.7 Å². The van der Waals surface area contributed by atoms with Crippen LogP contribution < -0.4 is 10.1 Å². The Morgan fingerprint density at radius 3 is 2.89 bits per heavy atom. The van der Waals surface area contributed by atoms with Crippen LogP contribution in [0, 0.1) is 0 Å². The zero-order chi connectivity index (χ0) is 13.5. The fourth-order valence-electron chi connectivity index (χ4n) is 1.76. The third-order valence-electron chi connectivity index (χ3n) is 2.70. The van der Waals surface area contributed by atoms with Crippen LogP contribution >= 0.6 is 0 Å². The Balaban J connectivity index is 1.95. The molecule has 0 bridgehead atoms. The van der Waals surface area contributed by atoms with E-state index in [1.165, 1.54) is 0 Å². The number of nitrogens with zero attached hydrogens (tertiary/aromatic N) is 2. The van der Waals surface area contributed by atoms with Crippen molar-refractivity contribution in [2.24, 2.45) is 0 Å². The second-order valence-electron chi connectivity index (χ2n) is 4.29. The molecule has 1 heterocycles. The number of methoxy groups -OCH3 is 1. The van der Waals surface area contributed by atoms with Gasteiger partial charge in [-0.25, -0.2) is 0 Å². The van der Waals surface area contributed by atoms with Crippen LogP contribution in [0.3, 0.4) is 0 Å². The van der Waals surface area contributed by atoms with Crippen molar-refractivity contribution in [1.82, 2.24) is 15.5 Å². The zero-order valence-corrected chi connectivity index (χ0v) is 11.3. The van der Waals surface area contributed by atoms with Crippen molar-refractivity contribution < 1.29 is 9.15 Å². The first-order valence-electron chi connectivity index (χ1n) is 6.46. The van der Waals surface area contributed by atoms with Gasteiger partial charge in [0.1, 0.15) is 5.75 Å². The third-order valence-corrected chi connectivity index (χ3v) is 2.70. The summed E-state index contributed by atoms with van der Waals surface area (Å²) in [4.78, 5) is 0. The SMILES string of the molecule is CCCNCc1nnc(Cc2cccc(OC)c2)o1. The van der Waals surface area contributed by atoms with Gasteiger partial charge in [-0.15, -0.1) is 10.2 Å². The highest BCUT2D eigenvalue weighted by Crippen LogP contribution is 2.15. The molecule has 102 valence electrons. The van der Waals surface area contributed by atoms with E-state index in [1.54, 1.807) is 7.11 Å². The largest absolute Gasteiger partial charge is 0.497 e. The van der Waals surface area contributed by atoms with Crippen molar-refractivity contribution in [2.75, 3.05) is 13.7 Å². The minimum atomic E-state index is 0.623. The number of hydrogen-bond donors (Lipinski definition) is 1. The molecule has 5 nitrogen and oxygen atoms in total. The molecule has 0 saturated carbocycles. The van der Waals surface area contributed by atoms with Crippen molar-refractivity contribution in [1.29, 1.82) is 0 Å². The van der Waals surface area contributed by atoms with Crippen molar-refractivity contribution in [3.05, 3.63) is 41.6 Å². The van der Waals surface area contributed by atoms with Gasteiger partial charge in [0.05, 0.1) is 20.1 Å². The van der Waals surface area contributed by atoms with Gasteiger partial charge >= 0.3 is 0 Å². The Morgan fingerprint density at radius 1 is 1.26 bits per heavy atom. The summed E-state index contributed by atoms with van der Waals surface area (Å²) in [6, 6.07) is 7.85. The number of rotatable bonds is 7. The van der Waals surface area contributed by atoms with Crippen LogP contribution in [0.4, 0.5) is 0 Å². The van der Waals surface area contributed by atoms with Gasteiger partial charge in [-0.05, 0) is 30.7 Å². The molecular weight excluding hydrogens is 242 g/mol. The normalized spacial score (nSPS) is 10.6. The van der Waals surface area contributed by atoms with Gasteiger partial charge in [-0.3, -0.25) is 0 Å². The summed E-state index contributed by atoms with van der Waals surface area (Å²) >= 11 is 0. The average Bonchev–Trinajstić information content (AvgIpc) is 2.87. The molecule has 5 heteroatoms. The summed E-state index contributed by atoms with van der Waals surface area (Å²) in [7, 11) is 1.66. The van der Waals surface area contributed by atoms with Crippen molar-refractivity contribution in [3.63, 3.8) is 0 Å². The molecule has 0 unspecified atom stereocenters. The molecule has 0 saturated heterocycles. The zero-order valence-electron chi connectivity index (χ0n) is 11.3. The van der Waals surface area contributed by atoms with Gasteiger partial charge in [-0.1, -0.05) is 19.1 Å². The lowest BCUT2D eigenvalue weighted by molar-refractivity contribution is 0.413. The van der Waals surface area contributed by atoms with Gasteiger partial charge in [0, 0.05) is 0 Å². The first-order chi connectivity index (χ1) is 9.31. The number of hydrogen-bond acceptors (Lipinski definition) is 5. The molecule has 0 aliphatic heterocycles. The van der Waals surface area contributed by atoms with E-state index >= 15 is 0 Å². The van der Waals surface area contributed by atoms with E-state index in [0.29, 0.717) is 24.7 Å². The monoisotopic (exact) mass is 261 g/mol. The van der Waals surface area contributed by atoms with Crippen LogP contribution in [0.25, 0.3) is 0 Å². The molecule has 0 spiro atoms. The first-order valence-corrected chi connectivity index (χ1v) is 6.46. The first kappa shape index (κ1) is 13.5. The van der Waals surface area contributed by atoms with Gasteiger partial charge in [0.15, 0.2) is 0 Å². The molecule has 1 aromatic carbocycles. The van der Waals surface area contributed by atoms with E-state index in [-0.39, 0.29) is 0 Å². The summed E-state index contributed by atoms with van der Waals surface area (Å²) in [6.45, 7) is 3.70. The van der Waals surface area contributed by atoms with E-state index in [4.69, 9.17) is 9.15 Å². The van der Waals surface area contributed by atoms with Gasteiger partial charge in [-0.2, -0.15) is 0 Å². The Morgan fingerprint density at radius 2 is 2.11 bits per heavy atom. The lowest BCUT2D eigenvalue weighted by Gasteiger charge is -2.01. The number of ether oxygens (including phenoxy) is 1. The average molecular weight is 261 g/mol. The second kappa shape index (κ2) is 6.89. The van der Waals surface area contributed by atoms with Gasteiger partial charge in [0.2, 0.25) is 11.8 Å². The quantitative estimate of drug-likeness (QED) is 0.774. The lowest BCUT2D eigenvalue weighted by atomic mass is 10.1. The van der Waals surface area contributed by atoms with E-state index in [9.17, 15) is 0 Å². The van der Waals surface area contributed by atoms with Gasteiger partial charge in [0.25, 0.3) is 0 Å². The predicted molar refractivity (Wildman–Crippen MR) is 72.1 cm³/mol. The van der Waals surface area contributed by atoms with E-state index in [0.717, 1.165) is 24.3 Å². The minimum absolute atomic E-state index is 0.623. The maximum Gasteiger partial charge on any atom is 0.230 e. The predicted octanol–water partition coefficient (Wildman–Crippen LogP) is 2.17. The fraction of sp³-hybridized carbons (Fsp3) is 0.429. The number of aromatic nitrogens is 2. The Bertz CT molecular complexity index is 511. The highest BCUT2D eigenvalue weighted by molar-refractivity contribution is 5.29. The van der Waals surface area contributed by atoms with Crippen molar-refractivity contribution in [2.45, 2.75) is 26.3 Å². The molecule has 2 aromatic rings. The smallest absolute Gasteiger partial charge is 0.230 e. The molecule has 1 N–H and O–H groups in total. The minimum Gasteiger partial charge on any atom is -0.497 e. The Labute approximate surface area is 113 Å². The summed E-state index contributed by atoms with van der Waals surface area (Å²) < 4.78 is 10.8. The fourth-order valence-corrected chi connectivity index (χ4v) is 1.76. The van der Waals surface area contributed by atoms with Crippen LogP contribution in [-0.4, -0.2) is 23.9 Å². The maximum atomic E-state index is 5.58. The van der Waals surface area contributed by atoms with Crippen LogP contribution in [0.5, 0.6) is 5.75 Å². The van der Waals surface area contributed by atoms with Crippen LogP contribution in [0.2, 0.25) is 0 Å². The van der Waals surface area contributed by atoms with Gasteiger partial charge < -0.3 is 14.5 Å². The molecular formula is C14H19N3O2. The second-order valence-corrected chi connectivity index (χ2v) is 4.29. The Kier molecular flexibility index (Phi) is 4.92. The number of nitrogens with one attached hydrogen (secondary N) is 1. The summed E-state index contributed by atoms with van der Waals surface area (Å²) in [5.41, 5.74) is 1.09. The van der Waals surface area contributed by atoms with E-state index < -0.39 is 0 Å². The molecule has 19 heavy (non-hydrogen) atoms. The molecule has 2 rings (SSSR count). The number of benzene rings is 1. The topological polar surface area (TPSA) is 60.2 Å². The highest BCUT2D eigenvalue weighted by atomic mass is 16.5. The third kappa shape index (κ3) is 4.06. The molecule has 1 aromatic heterocycles. The standard InChI is InChI=1S/C14H19N3O2/c1-3-7-15-10-14-17-16-13(19-14)9-11-5-4-6-12(8-11)18-2/h4-6,8,15H,3,7,9-10H2,1-2H3. The van der Waals surface area contributed by atoms with Crippen molar-refractivity contribution >= 4 is 0 Å². The van der Waals surface area contributed by atoms with Crippen LogP contribution in [0.15, 0.2) is 28.7 Å². The molecule has 0 aliphatic rings. The van der Waals surface area contributed by atoms with Crippen molar-refractivity contribution in [3.8, 4) is 5.75 Å². The molecule has 0 aliphatic carbocycles. The summed E-state index contributed by atoms with van der Waals surface area (Å²) in [6.07, 6.45) is 1.71.